The topological polar surface area (TPSA) is 32.8 Å². The van der Waals surface area contributed by atoms with E-state index >= 15 is 0 Å². The van der Waals surface area contributed by atoms with Crippen LogP contribution in [0.3, 0.4) is 0 Å². The summed E-state index contributed by atoms with van der Waals surface area (Å²) in [4.78, 5) is 16.8. The van der Waals surface area contributed by atoms with Gasteiger partial charge in [-0.25, -0.2) is 4.79 Å². The van der Waals surface area contributed by atoms with Crippen LogP contribution in [0.1, 0.15) is 39.5 Å². The molecule has 0 bridgehead atoms. The molecule has 132 valence electrons. The Bertz CT molecular complexity index is 526. The van der Waals surface area contributed by atoms with Crippen LogP contribution in [0.5, 0.6) is 5.75 Å². The number of hydrogen-bond acceptors (Lipinski definition) is 3. The van der Waals surface area contributed by atoms with Crippen molar-refractivity contribution in [2.75, 3.05) is 32.7 Å². The molecule has 4 heteroatoms. The van der Waals surface area contributed by atoms with Gasteiger partial charge < -0.3 is 14.5 Å². The van der Waals surface area contributed by atoms with Crippen LogP contribution >= 0.6 is 0 Å². The smallest absolute Gasteiger partial charge is 0.410 e. The van der Waals surface area contributed by atoms with Crippen molar-refractivity contribution in [2.45, 2.75) is 39.5 Å². The van der Waals surface area contributed by atoms with Gasteiger partial charge in [0.15, 0.2) is 0 Å². The molecule has 1 spiro atoms. The molecular formula is C20H30N2O2. The highest BCUT2D eigenvalue weighted by atomic mass is 16.6. The predicted molar refractivity (Wildman–Crippen MR) is 96.2 cm³/mol. The second-order valence-electron chi connectivity index (χ2n) is 7.86. The number of carbonyl (C=O) groups is 1. The Balaban J connectivity index is 1.47. The zero-order valence-electron chi connectivity index (χ0n) is 15.0. The molecule has 1 aromatic carbocycles. The molecule has 2 saturated heterocycles. The minimum atomic E-state index is -0.201. The van der Waals surface area contributed by atoms with Gasteiger partial charge in [0.2, 0.25) is 0 Å². The lowest BCUT2D eigenvalue weighted by Crippen LogP contribution is -2.49. The van der Waals surface area contributed by atoms with Crippen LogP contribution in [-0.4, -0.2) is 48.6 Å². The van der Waals surface area contributed by atoms with Gasteiger partial charge in [-0.1, -0.05) is 32.0 Å². The van der Waals surface area contributed by atoms with Crippen molar-refractivity contribution in [1.82, 2.24) is 9.80 Å². The summed E-state index contributed by atoms with van der Waals surface area (Å²) in [5, 5.41) is 0. The summed E-state index contributed by atoms with van der Waals surface area (Å²) in [6, 6.07) is 9.35. The molecule has 0 N–H and O–H groups in total. The summed E-state index contributed by atoms with van der Waals surface area (Å²) in [6.45, 7) is 9.89. The Morgan fingerprint density at radius 2 is 1.62 bits per heavy atom. The lowest BCUT2D eigenvalue weighted by atomic mass is 9.71. The number of para-hydroxylation sites is 1. The molecule has 0 saturated carbocycles. The van der Waals surface area contributed by atoms with Crippen LogP contribution in [0, 0.1) is 11.3 Å². The van der Waals surface area contributed by atoms with E-state index in [1.807, 2.05) is 35.2 Å². The normalized spacial score (nSPS) is 21.2. The molecule has 0 atom stereocenters. The number of likely N-dealkylation sites (tertiary alicyclic amines) is 2. The molecule has 1 aromatic rings. The minimum absolute atomic E-state index is 0.201. The van der Waals surface area contributed by atoms with E-state index in [4.69, 9.17) is 4.74 Å². The van der Waals surface area contributed by atoms with Gasteiger partial charge in [0.1, 0.15) is 5.75 Å². The van der Waals surface area contributed by atoms with E-state index in [2.05, 4.69) is 18.7 Å². The largest absolute Gasteiger partial charge is 0.415 e. The Labute approximate surface area is 145 Å². The maximum absolute atomic E-state index is 12.3. The number of nitrogens with zero attached hydrogens (tertiary/aromatic N) is 2. The summed E-state index contributed by atoms with van der Waals surface area (Å²) in [5.74, 6) is 1.37. The molecule has 2 aliphatic rings. The maximum Gasteiger partial charge on any atom is 0.415 e. The first-order chi connectivity index (χ1) is 11.6. The number of amides is 1. The molecule has 3 rings (SSSR count). The third-order valence-electron chi connectivity index (χ3n) is 5.57. The van der Waals surface area contributed by atoms with Crippen molar-refractivity contribution >= 4 is 6.09 Å². The zero-order chi connectivity index (χ0) is 17.0. The highest BCUT2D eigenvalue weighted by Gasteiger charge is 2.38. The highest BCUT2D eigenvalue weighted by Crippen LogP contribution is 2.41. The maximum atomic E-state index is 12.3. The summed E-state index contributed by atoms with van der Waals surface area (Å²) < 4.78 is 5.47. The van der Waals surface area contributed by atoms with Crippen molar-refractivity contribution in [3.63, 3.8) is 0 Å². The summed E-state index contributed by atoms with van der Waals surface area (Å²) >= 11 is 0. The van der Waals surface area contributed by atoms with Gasteiger partial charge in [-0.2, -0.15) is 0 Å². The third-order valence-corrected chi connectivity index (χ3v) is 5.57. The standard InChI is InChI=1S/C20H30N2O2/c1-17(2)16-21-12-8-20(9-13-21)10-14-22(15-11-20)19(23)24-18-6-4-3-5-7-18/h3-7,17H,8-16H2,1-2H3. The van der Waals surface area contributed by atoms with Gasteiger partial charge >= 0.3 is 6.09 Å². The molecule has 24 heavy (non-hydrogen) atoms. The first-order valence-corrected chi connectivity index (χ1v) is 9.30. The average molecular weight is 330 g/mol. The van der Waals surface area contributed by atoms with Gasteiger partial charge in [0, 0.05) is 19.6 Å². The van der Waals surface area contributed by atoms with E-state index in [-0.39, 0.29) is 6.09 Å². The number of carbonyl (C=O) groups excluding carboxylic acids is 1. The fourth-order valence-corrected chi connectivity index (χ4v) is 4.04. The molecule has 2 fully saturated rings. The number of piperidine rings is 2. The van der Waals surface area contributed by atoms with Gasteiger partial charge in [-0.15, -0.1) is 0 Å². The van der Waals surface area contributed by atoms with Crippen molar-refractivity contribution in [3.05, 3.63) is 30.3 Å². The molecule has 0 unspecified atom stereocenters. The van der Waals surface area contributed by atoms with Gasteiger partial charge in [-0.3, -0.25) is 0 Å². The predicted octanol–water partition coefficient (Wildman–Crippen LogP) is 4.02. The Kier molecular flexibility index (Phi) is 5.44. The molecule has 0 aromatic heterocycles. The minimum Gasteiger partial charge on any atom is -0.410 e. The van der Waals surface area contributed by atoms with Crippen molar-refractivity contribution in [3.8, 4) is 5.75 Å². The van der Waals surface area contributed by atoms with E-state index in [1.165, 1.54) is 32.5 Å². The molecule has 4 nitrogen and oxygen atoms in total. The summed E-state index contributed by atoms with van der Waals surface area (Å²) in [5.41, 5.74) is 0.455. The van der Waals surface area contributed by atoms with Gasteiger partial charge in [0.05, 0.1) is 0 Å². The third kappa shape index (κ3) is 4.29. The quantitative estimate of drug-likeness (QED) is 0.839. The van der Waals surface area contributed by atoms with E-state index in [0.29, 0.717) is 11.2 Å². The molecule has 2 heterocycles. The SMILES string of the molecule is CC(C)CN1CCC2(CC1)CCN(C(=O)Oc1ccccc1)CC2. The monoisotopic (exact) mass is 330 g/mol. The fourth-order valence-electron chi connectivity index (χ4n) is 4.04. The highest BCUT2D eigenvalue weighted by molar-refractivity contribution is 5.70. The zero-order valence-corrected chi connectivity index (χ0v) is 15.0. The number of ether oxygens (including phenoxy) is 1. The molecule has 0 radical (unpaired) electrons. The van der Waals surface area contributed by atoms with Crippen molar-refractivity contribution in [2.24, 2.45) is 11.3 Å². The number of hydrogen-bond donors (Lipinski definition) is 0. The van der Waals surface area contributed by atoms with E-state index in [9.17, 15) is 4.79 Å². The summed E-state index contributed by atoms with van der Waals surface area (Å²) in [7, 11) is 0. The lowest BCUT2D eigenvalue weighted by Gasteiger charge is -2.46. The Morgan fingerprint density at radius 1 is 1.04 bits per heavy atom. The van der Waals surface area contributed by atoms with Crippen LogP contribution in [0.2, 0.25) is 0 Å². The Morgan fingerprint density at radius 3 is 2.21 bits per heavy atom. The van der Waals surface area contributed by atoms with Crippen LogP contribution in [-0.2, 0) is 0 Å². The second-order valence-corrected chi connectivity index (χ2v) is 7.86. The van der Waals surface area contributed by atoms with Crippen LogP contribution in [0.4, 0.5) is 4.79 Å². The number of benzene rings is 1. The molecule has 1 amide bonds. The van der Waals surface area contributed by atoms with Crippen LogP contribution < -0.4 is 4.74 Å². The van der Waals surface area contributed by atoms with E-state index in [0.717, 1.165) is 31.8 Å². The van der Waals surface area contributed by atoms with Gasteiger partial charge in [0.25, 0.3) is 0 Å². The van der Waals surface area contributed by atoms with Crippen LogP contribution in [0.15, 0.2) is 30.3 Å². The van der Waals surface area contributed by atoms with Gasteiger partial charge in [-0.05, 0) is 62.2 Å². The lowest BCUT2D eigenvalue weighted by molar-refractivity contribution is 0.0347. The van der Waals surface area contributed by atoms with E-state index < -0.39 is 0 Å². The van der Waals surface area contributed by atoms with E-state index in [1.54, 1.807) is 0 Å². The first-order valence-electron chi connectivity index (χ1n) is 9.30. The first kappa shape index (κ1) is 17.3. The van der Waals surface area contributed by atoms with Crippen LogP contribution in [0.25, 0.3) is 0 Å². The molecule has 0 aliphatic carbocycles. The molecular weight excluding hydrogens is 300 g/mol. The fraction of sp³-hybridized carbons (Fsp3) is 0.650. The Hall–Kier alpha value is -1.55. The second kappa shape index (κ2) is 7.56. The van der Waals surface area contributed by atoms with Crippen molar-refractivity contribution < 1.29 is 9.53 Å². The molecule has 2 aliphatic heterocycles. The average Bonchev–Trinajstić information content (AvgIpc) is 2.58. The number of rotatable bonds is 3. The summed E-state index contributed by atoms with van der Waals surface area (Å²) in [6.07, 6.45) is 4.59. The van der Waals surface area contributed by atoms with Crippen molar-refractivity contribution in [1.29, 1.82) is 0 Å².